The Bertz CT molecular complexity index is 803. The van der Waals surface area contributed by atoms with Crippen molar-refractivity contribution in [2.75, 3.05) is 6.54 Å². The Morgan fingerprint density at radius 1 is 1.15 bits per heavy atom. The van der Waals surface area contributed by atoms with Crippen molar-refractivity contribution in [3.63, 3.8) is 0 Å². The van der Waals surface area contributed by atoms with Gasteiger partial charge in [-0.05, 0) is 25.5 Å². The van der Waals surface area contributed by atoms with E-state index < -0.39 is 4.92 Å². The normalized spacial score (nSPS) is 11.3. The zero-order valence-electron chi connectivity index (χ0n) is 15.4. The second kappa shape index (κ2) is 9.70. The highest BCUT2D eigenvalue weighted by Gasteiger charge is 2.12. The van der Waals surface area contributed by atoms with E-state index in [4.69, 9.17) is 0 Å². The summed E-state index contributed by atoms with van der Waals surface area (Å²) in [5, 5.41) is 13.7. The molecule has 0 spiro atoms. The number of benzene rings is 1. The van der Waals surface area contributed by atoms with Crippen LogP contribution in [0, 0.1) is 17.0 Å². The van der Waals surface area contributed by atoms with Gasteiger partial charge in [0.05, 0.1) is 16.2 Å². The number of nitro groups is 1. The molecule has 0 atom stereocenters. The largest absolute Gasteiger partial charge is 0.295 e. The number of hydrogen-bond acceptors (Lipinski definition) is 4. The van der Waals surface area contributed by atoms with Crippen LogP contribution in [0.25, 0.3) is 5.69 Å². The number of nitrogens with one attached hydrogen (secondary N) is 1. The Labute approximate surface area is 152 Å². The monoisotopic (exact) mass is 358 g/mol. The Kier molecular flexibility index (Phi) is 7.32. The first-order valence-electron chi connectivity index (χ1n) is 9.11. The van der Waals surface area contributed by atoms with Crippen LogP contribution in [0.2, 0.25) is 0 Å². The van der Waals surface area contributed by atoms with Crippen LogP contribution in [0.3, 0.4) is 0 Å². The topological polar surface area (TPSA) is 93.3 Å². The Hall–Kier alpha value is -2.70. The number of aliphatic imine (C=N–C) groups is 1. The van der Waals surface area contributed by atoms with Crippen LogP contribution in [0.4, 0.5) is 5.69 Å². The molecule has 0 aliphatic heterocycles. The van der Waals surface area contributed by atoms with Crippen LogP contribution in [-0.4, -0.2) is 27.5 Å². The molecule has 7 nitrogen and oxygen atoms in total. The minimum Gasteiger partial charge on any atom is -0.295 e. The van der Waals surface area contributed by atoms with E-state index in [1.165, 1.54) is 42.5 Å². The van der Waals surface area contributed by atoms with Crippen molar-refractivity contribution in [3.05, 3.63) is 56.0 Å². The maximum absolute atomic E-state index is 12.6. The van der Waals surface area contributed by atoms with Crippen molar-refractivity contribution >= 4 is 11.9 Å². The summed E-state index contributed by atoms with van der Waals surface area (Å²) >= 11 is 0. The average Bonchev–Trinajstić information content (AvgIpc) is 2.92. The molecule has 0 radical (unpaired) electrons. The lowest BCUT2D eigenvalue weighted by Crippen LogP contribution is -2.17. The van der Waals surface area contributed by atoms with Crippen molar-refractivity contribution in [1.29, 1.82) is 0 Å². The SMILES string of the molecule is CCCCCCCCN=Cc1c(C)[nH]n(-c2ccc([N+](=O)[O-])cc2)c1=O. The van der Waals surface area contributed by atoms with E-state index >= 15 is 0 Å². The number of aryl methyl sites for hydroxylation is 1. The summed E-state index contributed by atoms with van der Waals surface area (Å²) in [4.78, 5) is 27.2. The quantitative estimate of drug-likeness (QED) is 0.299. The minimum atomic E-state index is -0.465. The molecule has 1 N–H and O–H groups in total. The van der Waals surface area contributed by atoms with Crippen molar-refractivity contribution in [1.82, 2.24) is 9.78 Å². The van der Waals surface area contributed by atoms with Gasteiger partial charge in [0.15, 0.2) is 0 Å². The van der Waals surface area contributed by atoms with E-state index in [2.05, 4.69) is 17.0 Å². The maximum Gasteiger partial charge on any atom is 0.280 e. The first-order valence-corrected chi connectivity index (χ1v) is 9.11. The lowest BCUT2D eigenvalue weighted by molar-refractivity contribution is -0.384. The van der Waals surface area contributed by atoms with E-state index in [-0.39, 0.29) is 11.2 Å². The predicted molar refractivity (Wildman–Crippen MR) is 104 cm³/mol. The first kappa shape index (κ1) is 19.6. The molecule has 0 saturated carbocycles. The third-order valence-electron chi connectivity index (χ3n) is 4.30. The van der Waals surface area contributed by atoms with Gasteiger partial charge in [0.2, 0.25) is 0 Å². The van der Waals surface area contributed by atoms with Crippen molar-refractivity contribution in [2.45, 2.75) is 52.4 Å². The summed E-state index contributed by atoms with van der Waals surface area (Å²) in [6, 6.07) is 5.86. The van der Waals surface area contributed by atoms with Gasteiger partial charge in [-0.15, -0.1) is 0 Å². The minimum absolute atomic E-state index is 0.00852. The molecular weight excluding hydrogens is 332 g/mol. The molecule has 1 aromatic carbocycles. The van der Waals surface area contributed by atoms with Gasteiger partial charge >= 0.3 is 0 Å². The predicted octanol–water partition coefficient (Wildman–Crippen LogP) is 4.16. The van der Waals surface area contributed by atoms with Gasteiger partial charge in [0.25, 0.3) is 11.2 Å². The van der Waals surface area contributed by atoms with Crippen molar-refractivity contribution in [2.24, 2.45) is 4.99 Å². The molecule has 1 heterocycles. The summed E-state index contributed by atoms with van der Waals surface area (Å²) < 4.78 is 1.38. The molecule has 0 saturated heterocycles. The molecule has 140 valence electrons. The highest BCUT2D eigenvalue weighted by atomic mass is 16.6. The van der Waals surface area contributed by atoms with Crippen LogP contribution in [0.5, 0.6) is 0 Å². The Morgan fingerprint density at radius 3 is 2.46 bits per heavy atom. The van der Waals surface area contributed by atoms with Gasteiger partial charge in [-0.3, -0.25) is 25.0 Å². The zero-order chi connectivity index (χ0) is 18.9. The van der Waals surface area contributed by atoms with Gasteiger partial charge in [0, 0.05) is 30.6 Å². The number of rotatable bonds is 10. The summed E-state index contributed by atoms with van der Waals surface area (Å²) in [5.41, 5.74) is 1.59. The lowest BCUT2D eigenvalue weighted by Gasteiger charge is -2.00. The molecule has 2 aromatic rings. The number of H-pyrrole nitrogens is 1. The van der Waals surface area contributed by atoms with Gasteiger partial charge in [-0.25, -0.2) is 4.68 Å². The number of unbranched alkanes of at least 4 members (excludes halogenated alkanes) is 5. The molecule has 0 aliphatic rings. The van der Waals surface area contributed by atoms with Crippen LogP contribution < -0.4 is 5.56 Å². The van der Waals surface area contributed by atoms with Gasteiger partial charge in [0.1, 0.15) is 0 Å². The standard InChI is InChI=1S/C19H26N4O3/c1-3-4-5-6-7-8-13-20-14-18-15(2)21-22(19(18)24)16-9-11-17(12-10-16)23(25)26/h9-12,14,21H,3-8,13H2,1-2H3. The van der Waals surface area contributed by atoms with E-state index in [0.29, 0.717) is 17.8 Å². The summed E-state index contributed by atoms with van der Waals surface area (Å²) in [7, 11) is 0. The van der Waals surface area contributed by atoms with Crippen LogP contribution in [0.1, 0.15) is 56.7 Å². The Morgan fingerprint density at radius 2 is 1.81 bits per heavy atom. The number of aromatic nitrogens is 2. The van der Waals surface area contributed by atoms with Crippen LogP contribution in [0.15, 0.2) is 34.1 Å². The third-order valence-corrected chi connectivity index (χ3v) is 4.30. The molecule has 1 aromatic heterocycles. The number of nitro benzene ring substituents is 1. The number of aromatic amines is 1. The highest BCUT2D eigenvalue weighted by Crippen LogP contribution is 2.14. The van der Waals surface area contributed by atoms with Gasteiger partial charge < -0.3 is 0 Å². The van der Waals surface area contributed by atoms with E-state index in [0.717, 1.165) is 18.5 Å². The fraction of sp³-hybridized carbons (Fsp3) is 0.474. The number of nitrogens with zero attached hydrogens (tertiary/aromatic N) is 3. The molecule has 7 heteroatoms. The summed E-state index contributed by atoms with van der Waals surface area (Å²) in [6.45, 7) is 4.73. The van der Waals surface area contributed by atoms with Gasteiger partial charge in [-0.2, -0.15) is 0 Å². The van der Waals surface area contributed by atoms with Crippen molar-refractivity contribution in [3.8, 4) is 5.69 Å². The highest BCUT2D eigenvalue weighted by molar-refractivity contribution is 5.80. The zero-order valence-corrected chi connectivity index (χ0v) is 15.4. The second-order valence-electron chi connectivity index (χ2n) is 6.37. The van der Waals surface area contributed by atoms with Gasteiger partial charge in [-0.1, -0.05) is 39.0 Å². The molecule has 0 fully saturated rings. The molecule has 0 amide bonds. The van der Waals surface area contributed by atoms with E-state index in [1.54, 1.807) is 18.3 Å². The lowest BCUT2D eigenvalue weighted by atomic mass is 10.1. The van der Waals surface area contributed by atoms with Crippen LogP contribution >= 0.6 is 0 Å². The Balaban J connectivity index is 2.00. The summed E-state index contributed by atoms with van der Waals surface area (Å²) in [5.74, 6) is 0. The van der Waals surface area contributed by atoms with Crippen molar-refractivity contribution < 1.29 is 4.92 Å². The van der Waals surface area contributed by atoms with E-state index in [9.17, 15) is 14.9 Å². The summed E-state index contributed by atoms with van der Waals surface area (Å²) in [6.07, 6.45) is 8.86. The fourth-order valence-corrected chi connectivity index (χ4v) is 2.76. The molecule has 0 aliphatic carbocycles. The second-order valence-corrected chi connectivity index (χ2v) is 6.37. The molecule has 0 bridgehead atoms. The maximum atomic E-state index is 12.6. The molecule has 2 rings (SSSR count). The fourth-order valence-electron chi connectivity index (χ4n) is 2.76. The number of hydrogen-bond donors (Lipinski definition) is 1. The third kappa shape index (κ3) is 5.15. The number of non-ortho nitro benzene ring substituents is 1. The molecule has 26 heavy (non-hydrogen) atoms. The van der Waals surface area contributed by atoms with E-state index in [1.807, 2.05) is 6.92 Å². The smallest absolute Gasteiger partial charge is 0.280 e. The molecular formula is C19H26N4O3. The first-order chi connectivity index (χ1) is 12.5. The van der Waals surface area contributed by atoms with Crippen LogP contribution in [-0.2, 0) is 0 Å². The average molecular weight is 358 g/mol. The molecule has 0 unspecified atom stereocenters.